The maximum Gasteiger partial charge on any atom is 0.159 e. The summed E-state index contributed by atoms with van der Waals surface area (Å²) in [6.45, 7) is 0. The Morgan fingerprint density at radius 3 is 1.67 bits per heavy atom. The normalized spacial score (nSPS) is 11.5. The third kappa shape index (κ3) is 4.90. The predicted octanol–water partition coefficient (Wildman–Crippen LogP) is 14.0. The van der Waals surface area contributed by atoms with Crippen molar-refractivity contribution in [1.29, 1.82) is 0 Å². The molecule has 10 rings (SSSR count). The van der Waals surface area contributed by atoms with Crippen LogP contribution < -0.4 is 4.90 Å². The Morgan fingerprint density at radius 2 is 0.902 bits per heavy atom. The summed E-state index contributed by atoms with van der Waals surface area (Å²) in [7, 11) is 0. The molecule has 0 radical (unpaired) electrons. The lowest BCUT2D eigenvalue weighted by atomic mass is 9.94. The summed E-state index contributed by atoms with van der Waals surface area (Å²) < 4.78 is 13.7. The van der Waals surface area contributed by atoms with Crippen LogP contribution in [0.5, 0.6) is 0 Å². The average Bonchev–Trinajstić information content (AvgIpc) is 3.77. The van der Waals surface area contributed by atoms with Crippen molar-refractivity contribution in [3.63, 3.8) is 0 Å². The first-order chi connectivity index (χ1) is 25.3. The van der Waals surface area contributed by atoms with Crippen LogP contribution in [0.4, 0.5) is 17.1 Å². The number of hydrogen-bond acceptors (Lipinski definition) is 3. The molecular weight excluding hydrogens is 623 g/mol. The number of hydrogen-bond donors (Lipinski definition) is 0. The fraction of sp³-hybridized carbons (Fsp3) is 0. The van der Waals surface area contributed by atoms with Crippen LogP contribution >= 0.6 is 0 Å². The molecule has 0 amide bonds. The molecule has 2 aromatic heterocycles. The number of para-hydroxylation sites is 3. The van der Waals surface area contributed by atoms with Gasteiger partial charge in [0.25, 0.3) is 0 Å². The number of rotatable bonds is 6. The van der Waals surface area contributed by atoms with Gasteiger partial charge < -0.3 is 13.7 Å². The molecule has 0 N–H and O–H groups in total. The van der Waals surface area contributed by atoms with Crippen molar-refractivity contribution in [2.75, 3.05) is 4.90 Å². The Kier molecular flexibility index (Phi) is 6.81. The zero-order valence-electron chi connectivity index (χ0n) is 27.7. The molecule has 3 heteroatoms. The van der Waals surface area contributed by atoms with Gasteiger partial charge in [0.15, 0.2) is 5.58 Å². The summed E-state index contributed by atoms with van der Waals surface area (Å²) in [6.07, 6.45) is 0. The van der Waals surface area contributed by atoms with Gasteiger partial charge in [-0.3, -0.25) is 0 Å². The van der Waals surface area contributed by atoms with E-state index in [-0.39, 0.29) is 0 Å². The molecule has 2 heterocycles. The van der Waals surface area contributed by atoms with Gasteiger partial charge in [0.2, 0.25) is 0 Å². The summed E-state index contributed by atoms with van der Waals surface area (Å²) in [5.41, 5.74) is 13.2. The third-order valence-electron chi connectivity index (χ3n) is 9.85. The van der Waals surface area contributed by atoms with Gasteiger partial charge in [-0.05, 0) is 76.3 Å². The quantitative estimate of drug-likeness (QED) is 0.179. The van der Waals surface area contributed by atoms with Crippen molar-refractivity contribution >= 4 is 60.9 Å². The molecule has 51 heavy (non-hydrogen) atoms. The monoisotopic (exact) mass is 653 g/mol. The van der Waals surface area contributed by atoms with Crippen molar-refractivity contribution in [2.45, 2.75) is 0 Å². The highest BCUT2D eigenvalue weighted by Crippen LogP contribution is 2.48. The molecule has 0 aliphatic carbocycles. The van der Waals surface area contributed by atoms with E-state index in [1.165, 1.54) is 16.7 Å². The minimum atomic E-state index is 0.820. The molecule has 0 atom stereocenters. The second-order valence-corrected chi connectivity index (χ2v) is 12.9. The van der Waals surface area contributed by atoms with Crippen molar-refractivity contribution in [1.82, 2.24) is 0 Å². The van der Waals surface area contributed by atoms with Gasteiger partial charge in [0.05, 0.1) is 5.69 Å². The van der Waals surface area contributed by atoms with Crippen molar-refractivity contribution in [2.24, 2.45) is 0 Å². The van der Waals surface area contributed by atoms with E-state index < -0.39 is 0 Å². The zero-order chi connectivity index (χ0) is 33.7. The molecule has 240 valence electrons. The van der Waals surface area contributed by atoms with Gasteiger partial charge >= 0.3 is 0 Å². The smallest absolute Gasteiger partial charge is 0.159 e. The van der Waals surface area contributed by atoms with Gasteiger partial charge in [-0.2, -0.15) is 0 Å². The number of fused-ring (bicyclic) bond motifs is 6. The van der Waals surface area contributed by atoms with Crippen molar-refractivity contribution in [3.8, 4) is 33.4 Å². The second-order valence-electron chi connectivity index (χ2n) is 12.9. The van der Waals surface area contributed by atoms with Crippen LogP contribution in [-0.2, 0) is 0 Å². The molecule has 0 fully saturated rings. The van der Waals surface area contributed by atoms with Crippen LogP contribution in [-0.4, -0.2) is 0 Å². The van der Waals surface area contributed by atoms with E-state index in [0.29, 0.717) is 0 Å². The van der Waals surface area contributed by atoms with E-state index in [0.717, 1.165) is 77.6 Å². The third-order valence-corrected chi connectivity index (χ3v) is 9.85. The molecule has 0 saturated heterocycles. The first-order valence-electron chi connectivity index (χ1n) is 17.3. The summed E-state index contributed by atoms with van der Waals surface area (Å²) in [5, 5.41) is 4.18. The molecule has 3 nitrogen and oxygen atoms in total. The van der Waals surface area contributed by atoms with Gasteiger partial charge in [-0.25, -0.2) is 0 Å². The Labute approximate surface area is 295 Å². The van der Waals surface area contributed by atoms with Crippen LogP contribution in [0.3, 0.4) is 0 Å². The molecule has 0 saturated carbocycles. The van der Waals surface area contributed by atoms with Gasteiger partial charge in [0.1, 0.15) is 16.7 Å². The van der Waals surface area contributed by atoms with E-state index in [4.69, 9.17) is 8.83 Å². The fourth-order valence-corrected chi connectivity index (χ4v) is 7.50. The zero-order valence-corrected chi connectivity index (χ0v) is 27.7. The molecule has 8 aromatic carbocycles. The van der Waals surface area contributed by atoms with E-state index in [2.05, 4.69) is 175 Å². The van der Waals surface area contributed by atoms with Crippen molar-refractivity contribution < 1.29 is 8.83 Å². The summed E-state index contributed by atoms with van der Waals surface area (Å²) in [4.78, 5) is 2.29. The van der Waals surface area contributed by atoms with Gasteiger partial charge in [0, 0.05) is 38.5 Å². The largest absolute Gasteiger partial charge is 0.456 e. The fourth-order valence-electron chi connectivity index (χ4n) is 7.50. The maximum atomic E-state index is 7.17. The number of nitrogens with zero attached hydrogens (tertiary/aromatic N) is 1. The molecule has 0 bridgehead atoms. The highest BCUT2D eigenvalue weighted by Gasteiger charge is 2.24. The van der Waals surface area contributed by atoms with E-state index in [1.54, 1.807) is 0 Å². The number of anilines is 3. The lowest BCUT2D eigenvalue weighted by Crippen LogP contribution is -2.10. The Balaban J connectivity index is 1.24. The highest BCUT2D eigenvalue weighted by molar-refractivity contribution is 6.24. The molecular formula is C48H31NO2. The topological polar surface area (TPSA) is 29.5 Å². The minimum absolute atomic E-state index is 0.820. The standard InChI is InChI=1S/C48H31NO2/c1-4-14-32(15-5-1)34-26-28-38(29-27-34)49(37-20-8-3-9-21-37)42-24-13-23-39-41-31-44-46(40-22-10-11-25-43(40)50-44)45(48(41)51-47(39)42)36-19-12-18-35(30-36)33-16-6-2-7-17-33/h1-31H. The number of benzene rings is 8. The summed E-state index contributed by atoms with van der Waals surface area (Å²) in [6, 6.07) is 65.9. The van der Waals surface area contributed by atoms with Gasteiger partial charge in [-0.15, -0.1) is 0 Å². The van der Waals surface area contributed by atoms with E-state index >= 15 is 0 Å². The average molecular weight is 654 g/mol. The molecule has 0 unspecified atom stereocenters. The van der Waals surface area contributed by atoms with E-state index in [1.807, 2.05) is 18.2 Å². The second kappa shape index (κ2) is 11.9. The highest BCUT2D eigenvalue weighted by atomic mass is 16.3. The Hall–Kier alpha value is -6.84. The minimum Gasteiger partial charge on any atom is -0.456 e. The summed E-state index contributed by atoms with van der Waals surface area (Å²) in [5.74, 6) is 0. The van der Waals surface area contributed by atoms with Crippen molar-refractivity contribution in [3.05, 3.63) is 188 Å². The Morgan fingerprint density at radius 1 is 0.333 bits per heavy atom. The first-order valence-corrected chi connectivity index (χ1v) is 17.3. The maximum absolute atomic E-state index is 7.17. The molecule has 0 aliphatic rings. The lowest BCUT2D eigenvalue weighted by molar-refractivity contribution is 0.665. The van der Waals surface area contributed by atoms with Crippen LogP contribution in [0.2, 0.25) is 0 Å². The van der Waals surface area contributed by atoms with Crippen LogP contribution in [0, 0.1) is 0 Å². The first kappa shape index (κ1) is 29.1. The summed E-state index contributed by atoms with van der Waals surface area (Å²) >= 11 is 0. The SMILES string of the molecule is c1ccc(-c2ccc(N(c3ccccc3)c3cccc4c3oc3c(-c5cccc(-c6ccccc6)c5)c5c(cc34)oc3ccccc35)cc2)cc1. The van der Waals surface area contributed by atoms with Crippen LogP contribution in [0.15, 0.2) is 197 Å². The molecule has 0 aliphatic heterocycles. The van der Waals surface area contributed by atoms with Crippen LogP contribution in [0.1, 0.15) is 0 Å². The number of furan rings is 2. The van der Waals surface area contributed by atoms with E-state index in [9.17, 15) is 0 Å². The Bertz CT molecular complexity index is 2830. The van der Waals surface area contributed by atoms with Gasteiger partial charge in [-0.1, -0.05) is 140 Å². The van der Waals surface area contributed by atoms with Crippen LogP contribution in [0.25, 0.3) is 77.3 Å². The molecule has 10 aromatic rings. The predicted molar refractivity (Wildman–Crippen MR) is 212 cm³/mol. The molecule has 0 spiro atoms. The lowest BCUT2D eigenvalue weighted by Gasteiger charge is -2.25.